The summed E-state index contributed by atoms with van der Waals surface area (Å²) in [6.45, 7) is 0. The first-order chi connectivity index (χ1) is 8.81. The van der Waals surface area contributed by atoms with E-state index in [0.717, 1.165) is 35.4 Å². The molecular weight excluding hydrogens is 224 g/mol. The van der Waals surface area contributed by atoms with Crippen LogP contribution in [0.15, 0.2) is 42.7 Å². The molecule has 0 aliphatic rings. The molecule has 4 heteroatoms. The molecule has 90 valence electrons. The third-order valence-electron chi connectivity index (χ3n) is 2.93. The van der Waals surface area contributed by atoms with Crippen LogP contribution in [0.5, 0.6) is 0 Å². The van der Waals surface area contributed by atoms with Gasteiger partial charge in [0, 0.05) is 18.3 Å². The Morgan fingerprint density at radius 1 is 1.17 bits per heavy atom. The summed E-state index contributed by atoms with van der Waals surface area (Å²) in [4.78, 5) is 11.9. The van der Waals surface area contributed by atoms with Gasteiger partial charge in [-0.3, -0.25) is 4.98 Å². The molecule has 18 heavy (non-hydrogen) atoms. The first kappa shape index (κ1) is 10.8. The van der Waals surface area contributed by atoms with E-state index in [1.807, 2.05) is 24.3 Å². The molecule has 2 aromatic heterocycles. The maximum absolute atomic E-state index is 5.76. The summed E-state index contributed by atoms with van der Waals surface area (Å²) in [5.41, 5.74) is 9.75. The first-order valence-corrected chi connectivity index (χ1v) is 5.94. The van der Waals surface area contributed by atoms with E-state index in [1.165, 1.54) is 5.56 Å². The second kappa shape index (κ2) is 4.49. The van der Waals surface area contributed by atoms with Crippen LogP contribution in [0.2, 0.25) is 0 Å². The maximum atomic E-state index is 5.76. The van der Waals surface area contributed by atoms with E-state index in [0.29, 0.717) is 0 Å². The monoisotopic (exact) mass is 238 g/mol. The third-order valence-corrected chi connectivity index (χ3v) is 2.93. The smallest absolute Gasteiger partial charge is 0.107 e. The van der Waals surface area contributed by atoms with E-state index in [-0.39, 0.29) is 0 Å². The molecule has 0 unspecified atom stereocenters. The molecule has 0 aliphatic heterocycles. The number of aryl methyl sites for hydroxylation is 2. The van der Waals surface area contributed by atoms with Gasteiger partial charge in [-0.05, 0) is 30.2 Å². The molecule has 0 amide bonds. The van der Waals surface area contributed by atoms with Crippen molar-refractivity contribution in [3.63, 3.8) is 0 Å². The van der Waals surface area contributed by atoms with Crippen molar-refractivity contribution in [1.29, 1.82) is 0 Å². The van der Waals surface area contributed by atoms with E-state index in [4.69, 9.17) is 5.73 Å². The molecule has 2 heterocycles. The minimum absolute atomic E-state index is 0.807. The normalized spacial score (nSPS) is 10.9. The van der Waals surface area contributed by atoms with Crippen LogP contribution < -0.4 is 5.73 Å². The predicted octanol–water partition coefficient (Wildman–Crippen LogP) is 2.33. The van der Waals surface area contributed by atoms with Gasteiger partial charge in [-0.1, -0.05) is 12.1 Å². The molecule has 0 atom stereocenters. The number of benzene rings is 1. The molecule has 3 aromatic rings. The average Bonchev–Trinajstić information content (AvgIpc) is 2.79. The van der Waals surface area contributed by atoms with Gasteiger partial charge < -0.3 is 10.7 Å². The number of aromatic amines is 1. The zero-order chi connectivity index (χ0) is 12.4. The number of aromatic nitrogens is 3. The molecular formula is C14H14N4. The van der Waals surface area contributed by atoms with E-state index in [1.54, 1.807) is 12.4 Å². The number of rotatable bonds is 3. The number of nitrogens with zero attached hydrogens (tertiary/aromatic N) is 2. The Balaban J connectivity index is 1.76. The summed E-state index contributed by atoms with van der Waals surface area (Å²) in [6.07, 6.45) is 5.35. The van der Waals surface area contributed by atoms with Crippen LogP contribution in [0.1, 0.15) is 11.4 Å². The molecule has 3 rings (SSSR count). The summed E-state index contributed by atoms with van der Waals surface area (Å²) >= 11 is 0. The Morgan fingerprint density at radius 2 is 2.11 bits per heavy atom. The van der Waals surface area contributed by atoms with Crippen molar-refractivity contribution in [3.8, 4) is 0 Å². The predicted molar refractivity (Wildman–Crippen MR) is 72.2 cm³/mol. The first-order valence-electron chi connectivity index (χ1n) is 5.94. The zero-order valence-corrected chi connectivity index (χ0v) is 9.93. The molecule has 0 saturated heterocycles. The number of nitrogen functional groups attached to an aromatic ring is 1. The second-order valence-corrected chi connectivity index (χ2v) is 4.32. The molecule has 0 radical (unpaired) electrons. The zero-order valence-electron chi connectivity index (χ0n) is 9.93. The summed E-state index contributed by atoms with van der Waals surface area (Å²) in [5.74, 6) is 0.987. The highest BCUT2D eigenvalue weighted by Crippen LogP contribution is 2.12. The van der Waals surface area contributed by atoms with Crippen molar-refractivity contribution >= 4 is 16.7 Å². The van der Waals surface area contributed by atoms with Crippen molar-refractivity contribution in [2.75, 3.05) is 5.73 Å². The lowest BCUT2D eigenvalue weighted by Gasteiger charge is -2.00. The molecule has 0 fully saturated rings. The number of H-pyrrole nitrogens is 1. The maximum Gasteiger partial charge on any atom is 0.107 e. The Kier molecular flexibility index (Phi) is 2.68. The lowest BCUT2D eigenvalue weighted by atomic mass is 10.1. The number of nitrogens with two attached hydrogens (primary N) is 1. The third kappa shape index (κ3) is 2.18. The highest BCUT2D eigenvalue weighted by atomic mass is 14.9. The Labute approximate surface area is 105 Å². The van der Waals surface area contributed by atoms with Gasteiger partial charge in [-0.15, -0.1) is 0 Å². The van der Waals surface area contributed by atoms with Crippen LogP contribution in [0, 0.1) is 0 Å². The fourth-order valence-electron chi connectivity index (χ4n) is 2.04. The quantitative estimate of drug-likeness (QED) is 0.688. The van der Waals surface area contributed by atoms with Crippen LogP contribution in [-0.4, -0.2) is 15.0 Å². The van der Waals surface area contributed by atoms with Gasteiger partial charge in [0.05, 0.1) is 17.2 Å². The number of hydrogen-bond acceptors (Lipinski definition) is 3. The number of hydrogen-bond donors (Lipinski definition) is 2. The van der Waals surface area contributed by atoms with Gasteiger partial charge in [-0.2, -0.15) is 0 Å². The number of nitrogens with one attached hydrogen (secondary N) is 1. The van der Waals surface area contributed by atoms with Gasteiger partial charge in [0.15, 0.2) is 0 Å². The lowest BCUT2D eigenvalue weighted by molar-refractivity contribution is 0.890. The Bertz CT molecular complexity index is 639. The van der Waals surface area contributed by atoms with Crippen LogP contribution in [0.25, 0.3) is 11.0 Å². The fraction of sp³-hybridized carbons (Fsp3) is 0.143. The lowest BCUT2D eigenvalue weighted by Crippen LogP contribution is -1.94. The minimum Gasteiger partial charge on any atom is -0.399 e. The number of anilines is 1. The molecule has 1 aromatic carbocycles. The van der Waals surface area contributed by atoms with Crippen molar-refractivity contribution in [2.45, 2.75) is 12.8 Å². The summed E-state index contributed by atoms with van der Waals surface area (Å²) in [7, 11) is 0. The number of imidazole rings is 1. The SMILES string of the molecule is Nc1cccc(CCc2nc3ccncc3[nH]2)c1. The molecule has 0 spiro atoms. The molecule has 0 saturated carbocycles. The molecule has 0 bridgehead atoms. The van der Waals surface area contributed by atoms with Crippen molar-refractivity contribution < 1.29 is 0 Å². The van der Waals surface area contributed by atoms with Crippen LogP contribution in [0.3, 0.4) is 0 Å². The average molecular weight is 238 g/mol. The van der Waals surface area contributed by atoms with E-state index in [2.05, 4.69) is 21.0 Å². The van der Waals surface area contributed by atoms with Crippen LogP contribution in [-0.2, 0) is 12.8 Å². The summed E-state index contributed by atoms with van der Waals surface area (Å²) in [6, 6.07) is 9.88. The van der Waals surface area contributed by atoms with Gasteiger partial charge in [-0.25, -0.2) is 4.98 Å². The molecule has 4 nitrogen and oxygen atoms in total. The molecule has 0 aliphatic carbocycles. The van der Waals surface area contributed by atoms with E-state index in [9.17, 15) is 0 Å². The highest BCUT2D eigenvalue weighted by molar-refractivity contribution is 5.73. The number of pyridine rings is 1. The van der Waals surface area contributed by atoms with Gasteiger partial charge in [0.1, 0.15) is 5.82 Å². The van der Waals surface area contributed by atoms with Crippen molar-refractivity contribution in [3.05, 3.63) is 54.1 Å². The Morgan fingerprint density at radius 3 is 2.94 bits per heavy atom. The second-order valence-electron chi connectivity index (χ2n) is 4.32. The van der Waals surface area contributed by atoms with Gasteiger partial charge in [0.25, 0.3) is 0 Å². The van der Waals surface area contributed by atoms with Crippen molar-refractivity contribution in [2.24, 2.45) is 0 Å². The largest absolute Gasteiger partial charge is 0.399 e. The minimum atomic E-state index is 0.807. The van der Waals surface area contributed by atoms with Crippen LogP contribution in [0.4, 0.5) is 5.69 Å². The number of fused-ring (bicyclic) bond motifs is 1. The van der Waals surface area contributed by atoms with Gasteiger partial charge >= 0.3 is 0 Å². The molecule has 3 N–H and O–H groups in total. The van der Waals surface area contributed by atoms with E-state index < -0.39 is 0 Å². The van der Waals surface area contributed by atoms with Crippen LogP contribution >= 0.6 is 0 Å². The van der Waals surface area contributed by atoms with Gasteiger partial charge in [0.2, 0.25) is 0 Å². The van der Waals surface area contributed by atoms with Crippen molar-refractivity contribution in [1.82, 2.24) is 15.0 Å². The van der Waals surface area contributed by atoms with E-state index >= 15 is 0 Å². The standard InChI is InChI=1S/C14H14N4/c15-11-3-1-2-10(8-11)4-5-14-17-12-6-7-16-9-13(12)18-14/h1-3,6-9H,4-5,15H2,(H,17,18). The highest BCUT2D eigenvalue weighted by Gasteiger charge is 2.02. The summed E-state index contributed by atoms with van der Waals surface area (Å²) < 4.78 is 0. The Hall–Kier alpha value is -2.36. The fourth-order valence-corrected chi connectivity index (χ4v) is 2.04. The topological polar surface area (TPSA) is 67.6 Å². The summed E-state index contributed by atoms with van der Waals surface area (Å²) in [5, 5.41) is 0.